The van der Waals surface area contributed by atoms with Gasteiger partial charge in [-0.2, -0.15) is 0 Å². The molecule has 0 bridgehead atoms. The number of fused-ring (bicyclic) bond motifs is 1. The molecule has 0 saturated carbocycles. The molecule has 66 valence electrons. The molecule has 0 aliphatic carbocycles. The number of aromatic nitrogens is 2. The Balaban J connectivity index is 2.52. The Morgan fingerprint density at radius 2 is 2.31 bits per heavy atom. The van der Waals surface area contributed by atoms with Gasteiger partial charge < -0.3 is 5.32 Å². The minimum absolute atomic E-state index is 0.448. The van der Waals surface area contributed by atoms with E-state index in [4.69, 9.17) is 11.6 Å². The normalized spacial score (nSPS) is 14.7. The van der Waals surface area contributed by atoms with Gasteiger partial charge in [0, 0.05) is 17.7 Å². The van der Waals surface area contributed by atoms with Crippen LogP contribution in [-0.4, -0.2) is 16.3 Å². The van der Waals surface area contributed by atoms with Crippen LogP contribution < -0.4 is 5.32 Å². The molecule has 0 atom stereocenters. The van der Waals surface area contributed by atoms with Crippen molar-refractivity contribution in [3.63, 3.8) is 0 Å². The summed E-state index contributed by atoms with van der Waals surface area (Å²) < 4.78 is 0. The third kappa shape index (κ3) is 1.53. The second-order valence-electron chi connectivity index (χ2n) is 2.64. The van der Waals surface area contributed by atoms with Gasteiger partial charge in [-0.3, -0.25) is 0 Å². The van der Waals surface area contributed by atoms with E-state index in [2.05, 4.69) is 26.9 Å². The molecule has 1 aromatic rings. The van der Waals surface area contributed by atoms with Crippen molar-refractivity contribution >= 4 is 23.8 Å². The summed E-state index contributed by atoms with van der Waals surface area (Å²) in [5.74, 6) is 0.697. The standard InChI is InChI=1S/C8H7ClN4/c1-5-2-6-7(9)11-4-13-8(6)12-3-10-5/h3-4H,1-2H2,(H,10,11,12,13). The van der Waals surface area contributed by atoms with E-state index in [0.717, 1.165) is 11.3 Å². The maximum Gasteiger partial charge on any atom is 0.139 e. The van der Waals surface area contributed by atoms with Crippen LogP contribution in [0.4, 0.5) is 5.82 Å². The number of hydrogen-bond donors (Lipinski definition) is 1. The van der Waals surface area contributed by atoms with E-state index in [9.17, 15) is 0 Å². The van der Waals surface area contributed by atoms with Crippen LogP contribution >= 0.6 is 11.6 Å². The van der Waals surface area contributed by atoms with Gasteiger partial charge in [0.1, 0.15) is 17.3 Å². The molecule has 1 N–H and O–H groups in total. The Bertz CT molecular complexity index is 386. The van der Waals surface area contributed by atoms with E-state index < -0.39 is 0 Å². The van der Waals surface area contributed by atoms with Gasteiger partial charge in [-0.1, -0.05) is 18.2 Å². The van der Waals surface area contributed by atoms with Crippen molar-refractivity contribution in [2.45, 2.75) is 6.42 Å². The first-order valence-electron chi connectivity index (χ1n) is 3.73. The minimum Gasteiger partial charge on any atom is -0.331 e. The molecule has 2 heterocycles. The average Bonchev–Trinajstić information content (AvgIpc) is 2.28. The van der Waals surface area contributed by atoms with E-state index in [0.29, 0.717) is 17.4 Å². The zero-order chi connectivity index (χ0) is 9.26. The Morgan fingerprint density at radius 3 is 3.15 bits per heavy atom. The highest BCUT2D eigenvalue weighted by Crippen LogP contribution is 2.23. The number of rotatable bonds is 0. The maximum atomic E-state index is 5.89. The van der Waals surface area contributed by atoms with Gasteiger partial charge in [0.15, 0.2) is 0 Å². The van der Waals surface area contributed by atoms with Crippen LogP contribution in [0.3, 0.4) is 0 Å². The number of nitrogens with zero attached hydrogens (tertiary/aromatic N) is 3. The van der Waals surface area contributed by atoms with Crippen LogP contribution in [0.1, 0.15) is 5.56 Å². The van der Waals surface area contributed by atoms with E-state index in [1.54, 1.807) is 6.34 Å². The molecule has 1 aliphatic heterocycles. The van der Waals surface area contributed by atoms with Gasteiger partial charge in [-0.05, 0) is 0 Å². The Morgan fingerprint density at radius 1 is 1.46 bits per heavy atom. The topological polar surface area (TPSA) is 50.2 Å². The zero-order valence-electron chi connectivity index (χ0n) is 6.79. The SMILES string of the molecule is C=C1Cc2c(Cl)ncnc2NC=N1. The molecule has 1 aliphatic rings. The lowest BCUT2D eigenvalue weighted by Gasteiger charge is -2.04. The van der Waals surface area contributed by atoms with Crippen molar-refractivity contribution in [2.24, 2.45) is 4.99 Å². The molecule has 0 fully saturated rings. The molecular formula is C8H7ClN4. The third-order valence-electron chi connectivity index (χ3n) is 1.72. The molecular weight excluding hydrogens is 188 g/mol. The van der Waals surface area contributed by atoms with Crippen LogP contribution in [0.5, 0.6) is 0 Å². The van der Waals surface area contributed by atoms with Gasteiger partial charge >= 0.3 is 0 Å². The van der Waals surface area contributed by atoms with Crippen LogP contribution in [0.25, 0.3) is 0 Å². The van der Waals surface area contributed by atoms with E-state index in [1.165, 1.54) is 6.33 Å². The number of allylic oxidation sites excluding steroid dienone is 1. The fourth-order valence-corrected chi connectivity index (χ4v) is 1.31. The molecule has 0 spiro atoms. The fraction of sp³-hybridized carbons (Fsp3) is 0.125. The van der Waals surface area contributed by atoms with Gasteiger partial charge in [0.2, 0.25) is 0 Å². The first kappa shape index (κ1) is 8.19. The highest BCUT2D eigenvalue weighted by Gasteiger charge is 2.12. The summed E-state index contributed by atoms with van der Waals surface area (Å²) in [6.45, 7) is 3.76. The number of nitrogens with one attached hydrogen (secondary N) is 1. The van der Waals surface area contributed by atoms with Gasteiger partial charge in [0.05, 0.1) is 6.34 Å². The Kier molecular flexibility index (Phi) is 1.98. The maximum absolute atomic E-state index is 5.89. The highest BCUT2D eigenvalue weighted by molar-refractivity contribution is 6.30. The minimum atomic E-state index is 0.448. The van der Waals surface area contributed by atoms with Crippen molar-refractivity contribution in [2.75, 3.05) is 5.32 Å². The molecule has 0 radical (unpaired) electrons. The smallest absolute Gasteiger partial charge is 0.139 e. The lowest BCUT2D eigenvalue weighted by Crippen LogP contribution is -2.00. The van der Waals surface area contributed by atoms with Crippen LogP contribution in [0.2, 0.25) is 5.15 Å². The first-order valence-corrected chi connectivity index (χ1v) is 4.11. The Labute approximate surface area is 80.4 Å². The number of halogens is 1. The molecule has 0 unspecified atom stereocenters. The van der Waals surface area contributed by atoms with Crippen molar-refractivity contribution in [1.29, 1.82) is 0 Å². The number of hydrogen-bond acceptors (Lipinski definition) is 4. The van der Waals surface area contributed by atoms with E-state index in [-0.39, 0.29) is 0 Å². The van der Waals surface area contributed by atoms with Crippen molar-refractivity contribution in [3.05, 3.63) is 29.3 Å². The lowest BCUT2D eigenvalue weighted by atomic mass is 10.2. The summed E-state index contributed by atoms with van der Waals surface area (Å²) in [5.41, 5.74) is 1.58. The molecule has 13 heavy (non-hydrogen) atoms. The summed E-state index contributed by atoms with van der Waals surface area (Å²) in [5, 5.41) is 3.36. The monoisotopic (exact) mass is 194 g/mol. The van der Waals surface area contributed by atoms with Gasteiger partial charge in [0.25, 0.3) is 0 Å². The van der Waals surface area contributed by atoms with E-state index >= 15 is 0 Å². The Hall–Kier alpha value is -1.42. The summed E-state index contributed by atoms with van der Waals surface area (Å²) in [6.07, 6.45) is 3.55. The van der Waals surface area contributed by atoms with Crippen molar-refractivity contribution in [1.82, 2.24) is 9.97 Å². The van der Waals surface area contributed by atoms with Gasteiger partial charge in [-0.15, -0.1) is 0 Å². The molecule has 2 rings (SSSR count). The van der Waals surface area contributed by atoms with Gasteiger partial charge in [-0.25, -0.2) is 15.0 Å². The third-order valence-corrected chi connectivity index (χ3v) is 2.05. The number of anilines is 1. The highest BCUT2D eigenvalue weighted by atomic mass is 35.5. The lowest BCUT2D eigenvalue weighted by molar-refractivity contribution is 1.07. The summed E-state index contributed by atoms with van der Waals surface area (Å²) >= 11 is 5.89. The second-order valence-corrected chi connectivity index (χ2v) is 3.00. The van der Waals surface area contributed by atoms with Crippen LogP contribution in [0, 0.1) is 0 Å². The first-order chi connectivity index (χ1) is 6.27. The predicted octanol–water partition coefficient (Wildman–Crippen LogP) is 1.64. The largest absolute Gasteiger partial charge is 0.331 e. The summed E-state index contributed by atoms with van der Waals surface area (Å²) in [4.78, 5) is 11.9. The predicted molar refractivity (Wildman–Crippen MR) is 52.0 cm³/mol. The number of aliphatic imine (C=N–C) groups is 1. The molecule has 4 nitrogen and oxygen atoms in total. The van der Waals surface area contributed by atoms with Crippen LogP contribution in [0.15, 0.2) is 23.6 Å². The molecule has 0 aromatic carbocycles. The average molecular weight is 195 g/mol. The van der Waals surface area contributed by atoms with Crippen LogP contribution in [-0.2, 0) is 6.42 Å². The summed E-state index contributed by atoms with van der Waals surface area (Å²) in [7, 11) is 0. The van der Waals surface area contributed by atoms with E-state index in [1.807, 2.05) is 0 Å². The van der Waals surface area contributed by atoms with Crippen molar-refractivity contribution in [3.8, 4) is 0 Å². The second kappa shape index (κ2) is 3.14. The molecule has 0 saturated heterocycles. The molecule has 5 heteroatoms. The molecule has 1 aromatic heterocycles. The molecule has 0 amide bonds. The van der Waals surface area contributed by atoms with Crippen molar-refractivity contribution < 1.29 is 0 Å². The fourth-order valence-electron chi connectivity index (χ4n) is 1.11. The summed E-state index contributed by atoms with van der Waals surface area (Å²) in [6, 6.07) is 0. The zero-order valence-corrected chi connectivity index (χ0v) is 7.54. The quantitative estimate of drug-likeness (QED) is 0.639.